The van der Waals surface area contributed by atoms with Crippen molar-refractivity contribution in [2.24, 2.45) is 0 Å². The molecule has 6 heterocycles. The highest BCUT2D eigenvalue weighted by Gasteiger charge is 2.42. The average Bonchev–Trinajstić information content (AvgIpc) is 1.42. The van der Waals surface area contributed by atoms with Crippen LogP contribution in [0.5, 0.6) is 0 Å². The van der Waals surface area contributed by atoms with Gasteiger partial charge in [0, 0.05) is 125 Å². The molecule has 90 heavy (non-hydrogen) atoms. The van der Waals surface area contributed by atoms with Gasteiger partial charge in [0.25, 0.3) is 0 Å². The van der Waals surface area contributed by atoms with Gasteiger partial charge in [-0.1, -0.05) is 97.7 Å². The molecule has 2 fully saturated rings. The molecule has 4 aromatic heterocycles. The van der Waals surface area contributed by atoms with Gasteiger partial charge in [0.05, 0.1) is 54.7 Å². The fraction of sp³-hybridized carbons (Fsp3) is 0.353. The first-order chi connectivity index (χ1) is 42.5. The Balaban J connectivity index is 0.000000209. The van der Waals surface area contributed by atoms with Gasteiger partial charge in [-0.05, 0) is 177 Å². The Morgan fingerprint density at radius 1 is 0.533 bits per heavy atom. The van der Waals surface area contributed by atoms with Gasteiger partial charge >= 0.3 is 0 Å². The largest absolute Gasteiger partial charge is 0.352 e. The van der Waals surface area contributed by atoms with Crippen LogP contribution in [0.1, 0.15) is 94.2 Å². The molecule has 2 aliphatic carbocycles. The van der Waals surface area contributed by atoms with Crippen LogP contribution in [0.15, 0.2) is 143 Å². The van der Waals surface area contributed by atoms with E-state index in [-0.39, 0.29) is 63.4 Å². The summed E-state index contributed by atoms with van der Waals surface area (Å²) in [6.07, 6.45) is 14.6. The minimum absolute atomic E-state index is 0. The molecule has 2 unspecified atom stereocenters. The smallest absolute Gasteiger partial charge is 0.244 e. The summed E-state index contributed by atoms with van der Waals surface area (Å²) < 4.78 is 5.80. The molecule has 0 spiro atoms. The van der Waals surface area contributed by atoms with E-state index in [9.17, 15) is 19.2 Å². The Hall–Kier alpha value is -6.48. The van der Waals surface area contributed by atoms with Crippen molar-refractivity contribution < 1.29 is 19.2 Å². The molecule has 22 heteroatoms. The molecule has 16 nitrogen and oxygen atoms in total. The second-order valence-electron chi connectivity index (χ2n) is 22.8. The highest BCUT2D eigenvalue weighted by atomic mass is 79.9. The van der Waals surface area contributed by atoms with Crippen LogP contribution in [-0.2, 0) is 70.8 Å². The summed E-state index contributed by atoms with van der Waals surface area (Å²) in [6, 6.07) is 29.2. The standard InChI is InChI=1S/2C33H33BrCl2N6O2.2CH4/c1-21-18-40(20-39-21)11-10-37-33(44)29-19-41(12-13-42(29)30(43)14-22-2-6-26(35)7-3-22)32-28-9-8-27(36)16-23(28)4-5-24-15-25(34)17-38-31(24)32;1-21-17-37-20-41(21)11-10-38-33(44)29-19-40(12-13-42(29)30(43)14-22-2-6-26(35)7-3-22)32-28-9-8-27(36)16-23(28)4-5-24-15-25(34)18-39-31(24)32;;/h2-3,6-9,15-18,20,29,32H,4-5,10-14,19H2,1H3,(H,37,44);2-3,6-9,15-18,20,29,32H,4-5,10-14,19H2,1H3,(H,38,44);2*1H4/t2*29-,32?;;/m11../s1. The maximum Gasteiger partial charge on any atom is 0.244 e. The second-order valence-corrected chi connectivity index (χ2v) is 26.3. The van der Waals surface area contributed by atoms with E-state index < -0.39 is 12.1 Å². The first-order valence-electron chi connectivity index (χ1n) is 29.4. The number of nitrogens with one attached hydrogen (secondary N) is 2. The molecule has 4 atom stereocenters. The molecule has 2 aliphatic heterocycles. The van der Waals surface area contributed by atoms with Crippen molar-refractivity contribution in [3.8, 4) is 0 Å². The van der Waals surface area contributed by atoms with Gasteiger partial charge in [-0.3, -0.25) is 38.9 Å². The lowest BCUT2D eigenvalue weighted by molar-refractivity contribution is -0.144. The molecular formula is C68H74Br2Cl4N12O4. The van der Waals surface area contributed by atoms with E-state index in [1.807, 2.05) is 90.1 Å². The highest BCUT2D eigenvalue weighted by Crippen LogP contribution is 2.41. The highest BCUT2D eigenvalue weighted by molar-refractivity contribution is 9.10. The van der Waals surface area contributed by atoms with Gasteiger partial charge in [-0.15, -0.1) is 0 Å². The quantitative estimate of drug-likeness (QED) is 0.107. The van der Waals surface area contributed by atoms with E-state index in [0.717, 1.165) is 90.8 Å². The lowest BCUT2D eigenvalue weighted by Gasteiger charge is -2.44. The average molecular weight is 1430 g/mol. The topological polar surface area (TPSA) is 167 Å². The summed E-state index contributed by atoms with van der Waals surface area (Å²) >= 11 is 32.2. The van der Waals surface area contributed by atoms with Crippen molar-refractivity contribution >= 4 is 102 Å². The first kappa shape index (κ1) is 67.9. The number of rotatable bonds is 14. The number of amides is 4. The summed E-state index contributed by atoms with van der Waals surface area (Å²) in [5.41, 5.74) is 12.6. The summed E-state index contributed by atoms with van der Waals surface area (Å²) in [7, 11) is 0. The predicted molar refractivity (Wildman–Crippen MR) is 363 cm³/mol. The normalized spacial score (nSPS) is 17.9. The van der Waals surface area contributed by atoms with Gasteiger partial charge in [0.15, 0.2) is 0 Å². The minimum Gasteiger partial charge on any atom is -0.352 e. The summed E-state index contributed by atoms with van der Waals surface area (Å²) in [6.45, 7) is 8.69. The summed E-state index contributed by atoms with van der Waals surface area (Å²) in [5, 5.41) is 8.82. The third-order valence-corrected chi connectivity index (χ3v) is 18.8. The van der Waals surface area contributed by atoms with E-state index in [4.69, 9.17) is 56.4 Å². The zero-order valence-electron chi connectivity index (χ0n) is 48.7. The van der Waals surface area contributed by atoms with Gasteiger partial charge in [0.1, 0.15) is 12.1 Å². The monoisotopic (exact) mass is 1420 g/mol. The van der Waals surface area contributed by atoms with Crippen LogP contribution in [-0.4, -0.2) is 137 Å². The van der Waals surface area contributed by atoms with Crippen LogP contribution in [0, 0.1) is 13.8 Å². The number of hydrogen-bond acceptors (Lipinski definition) is 10. The number of carbonyl (C=O) groups excluding carboxylic acids is 4. The molecule has 472 valence electrons. The number of fused-ring (bicyclic) bond motifs is 4. The van der Waals surface area contributed by atoms with Gasteiger partial charge in [-0.25, -0.2) is 9.97 Å². The SMILES string of the molecule is C.C.Cc1cn(CCNC(=O)[C@H]2CN(C3c4ccc(Cl)cc4CCc4cc(Br)cnc43)CCN2C(=O)Cc2ccc(Cl)cc2)cn1.Cc1cncn1CCNC(=O)[C@H]1CN(C2c3ccc(Cl)cc3CCc3cc(Br)cnc32)CCN1C(=O)Cc1ccc(Cl)cc1. The number of aryl methyl sites for hydroxylation is 6. The first-order valence-corrected chi connectivity index (χ1v) is 32.5. The number of pyridine rings is 2. The van der Waals surface area contributed by atoms with Crippen LogP contribution in [0.2, 0.25) is 20.1 Å². The number of benzene rings is 4. The molecule has 0 saturated carbocycles. The molecule has 2 N–H and O–H groups in total. The maximum absolute atomic E-state index is 13.9. The Labute approximate surface area is 563 Å². The number of carbonyl (C=O) groups is 4. The molecule has 4 aliphatic rings. The zero-order chi connectivity index (χ0) is 61.6. The molecule has 8 aromatic rings. The Bertz CT molecular complexity index is 3740. The maximum atomic E-state index is 13.9. The number of hydrogen-bond donors (Lipinski definition) is 2. The number of imidazole rings is 2. The molecule has 4 amide bonds. The van der Waals surface area contributed by atoms with Gasteiger partial charge in [-0.2, -0.15) is 0 Å². The zero-order valence-corrected chi connectivity index (χ0v) is 54.9. The fourth-order valence-electron chi connectivity index (χ4n) is 12.5. The lowest BCUT2D eigenvalue weighted by Crippen LogP contribution is -2.61. The van der Waals surface area contributed by atoms with Crippen LogP contribution >= 0.6 is 78.3 Å². The lowest BCUT2D eigenvalue weighted by atomic mass is 9.95. The van der Waals surface area contributed by atoms with Gasteiger partial charge in [0.2, 0.25) is 23.6 Å². The number of nitrogens with zero attached hydrogens (tertiary/aromatic N) is 10. The Morgan fingerprint density at radius 3 is 1.41 bits per heavy atom. The van der Waals surface area contributed by atoms with E-state index in [0.29, 0.717) is 85.5 Å². The van der Waals surface area contributed by atoms with Crippen molar-refractivity contribution in [2.75, 3.05) is 52.4 Å². The summed E-state index contributed by atoms with van der Waals surface area (Å²) in [4.78, 5) is 81.5. The van der Waals surface area contributed by atoms with Crippen molar-refractivity contribution in [3.05, 3.63) is 231 Å². The predicted octanol–water partition coefficient (Wildman–Crippen LogP) is 12.1. The number of piperazine rings is 2. The number of halogens is 6. The third-order valence-electron chi connectivity index (χ3n) is 16.9. The Morgan fingerprint density at radius 2 is 0.978 bits per heavy atom. The van der Waals surface area contributed by atoms with Crippen molar-refractivity contribution in [3.63, 3.8) is 0 Å². The number of aromatic nitrogens is 6. The molecule has 0 bridgehead atoms. The van der Waals surface area contributed by atoms with Crippen molar-refractivity contribution in [1.29, 1.82) is 0 Å². The van der Waals surface area contributed by atoms with Crippen LogP contribution in [0.25, 0.3) is 0 Å². The molecular weight excluding hydrogens is 1350 g/mol. The second kappa shape index (κ2) is 30.8. The Kier molecular flexibility index (Phi) is 23.2. The summed E-state index contributed by atoms with van der Waals surface area (Å²) in [5.74, 6) is -0.531. The van der Waals surface area contributed by atoms with Crippen LogP contribution in [0.3, 0.4) is 0 Å². The van der Waals surface area contributed by atoms with Crippen LogP contribution in [0.4, 0.5) is 0 Å². The molecule has 0 radical (unpaired) electrons. The van der Waals surface area contributed by atoms with E-state index in [1.54, 1.807) is 52.9 Å². The van der Waals surface area contributed by atoms with E-state index in [1.165, 1.54) is 11.1 Å². The van der Waals surface area contributed by atoms with Crippen molar-refractivity contribution in [1.82, 2.24) is 59.3 Å². The minimum atomic E-state index is -0.676. The molecule has 12 rings (SSSR count). The van der Waals surface area contributed by atoms with Crippen LogP contribution < -0.4 is 10.6 Å². The fourth-order valence-corrected chi connectivity index (χ4v) is 13.9. The van der Waals surface area contributed by atoms with Gasteiger partial charge < -0.3 is 29.6 Å². The van der Waals surface area contributed by atoms with E-state index in [2.05, 4.69) is 86.5 Å². The van der Waals surface area contributed by atoms with Crippen molar-refractivity contribution in [2.45, 2.75) is 104 Å². The third kappa shape index (κ3) is 16.2. The van der Waals surface area contributed by atoms with E-state index >= 15 is 0 Å². The molecule has 2 saturated heterocycles. The molecule has 4 aromatic carbocycles.